The van der Waals surface area contributed by atoms with Crippen molar-refractivity contribution in [1.29, 1.82) is 0 Å². The summed E-state index contributed by atoms with van der Waals surface area (Å²) in [4.78, 5) is 23.3. The molecule has 2 saturated carbocycles. The zero-order chi connectivity index (χ0) is 18.3. The highest BCUT2D eigenvalue weighted by Crippen LogP contribution is 2.69. The highest BCUT2D eigenvalue weighted by Gasteiger charge is 2.75. The highest BCUT2D eigenvalue weighted by molar-refractivity contribution is 7.74. The molecule has 2 aliphatic rings. The van der Waals surface area contributed by atoms with E-state index in [0.29, 0.717) is 0 Å². The van der Waals surface area contributed by atoms with Crippen molar-refractivity contribution in [2.24, 2.45) is 17.3 Å². The molecule has 8 heteroatoms. The van der Waals surface area contributed by atoms with Crippen LogP contribution in [0.2, 0.25) is 0 Å². The van der Waals surface area contributed by atoms with Crippen molar-refractivity contribution in [2.75, 3.05) is 6.61 Å². The maximum atomic E-state index is 12.2. The third-order valence-electron chi connectivity index (χ3n) is 6.39. The Kier molecular flexibility index (Phi) is 4.96. The first-order valence-electron chi connectivity index (χ1n) is 7.81. The van der Waals surface area contributed by atoms with Crippen molar-refractivity contribution in [3.05, 3.63) is 12.7 Å². The molecule has 0 aliphatic heterocycles. The Hall–Kier alpha value is -1.25. The van der Waals surface area contributed by atoms with Gasteiger partial charge in [0.1, 0.15) is 11.2 Å². The van der Waals surface area contributed by atoms with Crippen molar-refractivity contribution < 1.29 is 32.0 Å². The van der Waals surface area contributed by atoms with Gasteiger partial charge in [-0.25, -0.2) is 13.8 Å². The summed E-state index contributed by atoms with van der Waals surface area (Å²) in [7, 11) is 0. The van der Waals surface area contributed by atoms with Crippen LogP contribution in [0.3, 0.4) is 0 Å². The van der Waals surface area contributed by atoms with Gasteiger partial charge in [0, 0.05) is 11.5 Å². The standard InChI is InChI=1S/C16H24O7S/c1-6-12(17)21-9-13(18)22-16(5)14(3)8-7-11(10(14)2)15(16,4)23-24(19)20/h6,10-11H,1,7-9H2,2-5H3,(H,19,20)/p-1. The van der Waals surface area contributed by atoms with Crippen LogP contribution in [-0.4, -0.2) is 38.5 Å². The third-order valence-corrected chi connectivity index (χ3v) is 6.87. The predicted molar refractivity (Wildman–Crippen MR) is 84.1 cm³/mol. The van der Waals surface area contributed by atoms with Gasteiger partial charge in [0.15, 0.2) is 6.61 Å². The molecule has 0 amide bonds. The summed E-state index contributed by atoms with van der Waals surface area (Å²) in [5.74, 6) is -1.43. The number of hydrogen-bond donors (Lipinski definition) is 0. The summed E-state index contributed by atoms with van der Waals surface area (Å²) < 4.78 is 38.1. The van der Waals surface area contributed by atoms with Gasteiger partial charge in [0.25, 0.3) is 0 Å². The molecule has 7 nitrogen and oxygen atoms in total. The Balaban J connectivity index is 2.28. The fourth-order valence-corrected chi connectivity index (χ4v) is 5.24. The maximum Gasteiger partial charge on any atom is 0.344 e. The quantitative estimate of drug-likeness (QED) is 0.404. The van der Waals surface area contributed by atoms with Gasteiger partial charge in [-0.15, -0.1) is 0 Å². The Morgan fingerprint density at radius 1 is 1.38 bits per heavy atom. The second-order valence-electron chi connectivity index (χ2n) is 7.06. The van der Waals surface area contributed by atoms with Gasteiger partial charge in [0.05, 0.1) is 11.4 Å². The van der Waals surface area contributed by atoms with Crippen LogP contribution in [0.4, 0.5) is 0 Å². The van der Waals surface area contributed by atoms with Crippen molar-refractivity contribution in [1.82, 2.24) is 0 Å². The van der Waals surface area contributed by atoms with E-state index in [9.17, 15) is 18.4 Å². The number of fused-ring (bicyclic) bond motifs is 2. The molecule has 136 valence electrons. The van der Waals surface area contributed by atoms with Gasteiger partial charge in [-0.3, -0.25) is 4.18 Å². The topological polar surface area (TPSA) is 102 Å². The van der Waals surface area contributed by atoms with Crippen LogP contribution in [0.1, 0.15) is 40.5 Å². The molecular weight excluding hydrogens is 336 g/mol. The largest absolute Gasteiger partial charge is 0.750 e. The average Bonchev–Trinajstić information content (AvgIpc) is 2.85. The van der Waals surface area contributed by atoms with E-state index in [-0.39, 0.29) is 11.8 Å². The van der Waals surface area contributed by atoms with Gasteiger partial charge in [-0.1, -0.05) is 20.4 Å². The molecule has 6 atom stereocenters. The molecule has 2 fully saturated rings. The number of ether oxygens (including phenoxy) is 2. The molecular formula is C16H23O7S-. The first kappa shape index (κ1) is 19.1. The summed E-state index contributed by atoms with van der Waals surface area (Å²) in [6, 6.07) is 0. The number of esters is 2. The van der Waals surface area contributed by atoms with E-state index < -0.39 is 46.5 Å². The zero-order valence-corrected chi connectivity index (χ0v) is 15.1. The summed E-state index contributed by atoms with van der Waals surface area (Å²) >= 11 is -2.74. The lowest BCUT2D eigenvalue weighted by Gasteiger charge is -2.51. The number of carbonyl (C=O) groups excluding carboxylic acids is 2. The Labute approximate surface area is 144 Å². The lowest BCUT2D eigenvalue weighted by Crippen LogP contribution is -2.62. The van der Waals surface area contributed by atoms with Gasteiger partial charge in [-0.2, -0.15) is 0 Å². The fraction of sp³-hybridized carbons (Fsp3) is 0.750. The van der Waals surface area contributed by atoms with E-state index in [1.807, 2.05) is 13.8 Å². The van der Waals surface area contributed by atoms with Gasteiger partial charge >= 0.3 is 11.9 Å². The first-order chi connectivity index (χ1) is 11.0. The molecule has 2 bridgehead atoms. The van der Waals surface area contributed by atoms with Crippen molar-refractivity contribution in [3.8, 4) is 0 Å². The van der Waals surface area contributed by atoms with Crippen LogP contribution in [0, 0.1) is 17.3 Å². The molecule has 0 radical (unpaired) electrons. The van der Waals surface area contributed by atoms with E-state index in [2.05, 4.69) is 6.58 Å². The monoisotopic (exact) mass is 359 g/mol. The molecule has 0 aromatic heterocycles. The predicted octanol–water partition coefficient (Wildman–Crippen LogP) is 1.65. The van der Waals surface area contributed by atoms with Crippen molar-refractivity contribution >= 4 is 23.3 Å². The molecule has 24 heavy (non-hydrogen) atoms. The summed E-state index contributed by atoms with van der Waals surface area (Å²) in [5, 5.41) is 0. The maximum absolute atomic E-state index is 12.2. The average molecular weight is 359 g/mol. The lowest BCUT2D eigenvalue weighted by molar-refractivity contribution is -0.213. The molecule has 6 unspecified atom stereocenters. The molecule has 2 rings (SSSR count). The minimum Gasteiger partial charge on any atom is -0.750 e. The number of rotatable bonds is 6. The Morgan fingerprint density at radius 3 is 2.54 bits per heavy atom. The minimum atomic E-state index is -2.74. The molecule has 0 aromatic carbocycles. The highest BCUT2D eigenvalue weighted by atomic mass is 32.2. The van der Waals surface area contributed by atoms with Crippen LogP contribution in [-0.2, 0) is 34.6 Å². The second kappa shape index (κ2) is 6.24. The zero-order valence-electron chi connectivity index (χ0n) is 14.3. The van der Waals surface area contributed by atoms with Gasteiger partial charge in [-0.05, 0) is 38.5 Å². The SMILES string of the molecule is C=CC(=O)OCC(=O)OC1(C)C2(C)CCC(C2C)C1(C)OS(=O)[O-]. The molecule has 2 aliphatic carbocycles. The fourth-order valence-electron chi connectivity index (χ4n) is 4.67. The van der Waals surface area contributed by atoms with Crippen LogP contribution >= 0.6 is 0 Å². The summed E-state index contributed by atoms with van der Waals surface area (Å²) in [6.45, 7) is 10.0. The number of hydrogen-bond acceptors (Lipinski definition) is 7. The summed E-state index contributed by atoms with van der Waals surface area (Å²) in [5.41, 5.74) is -2.78. The normalized spacial score (nSPS) is 41.7. The van der Waals surface area contributed by atoms with E-state index >= 15 is 0 Å². The minimum absolute atomic E-state index is 0.0612. The first-order valence-corrected chi connectivity index (χ1v) is 8.81. The van der Waals surface area contributed by atoms with E-state index in [4.69, 9.17) is 13.7 Å². The molecule has 0 N–H and O–H groups in total. The van der Waals surface area contributed by atoms with Crippen molar-refractivity contribution in [3.63, 3.8) is 0 Å². The third kappa shape index (κ3) is 2.60. The van der Waals surface area contributed by atoms with Gasteiger partial charge < -0.3 is 14.0 Å². The van der Waals surface area contributed by atoms with Crippen LogP contribution < -0.4 is 0 Å². The van der Waals surface area contributed by atoms with Crippen molar-refractivity contribution in [2.45, 2.75) is 51.7 Å². The van der Waals surface area contributed by atoms with E-state index in [1.54, 1.807) is 13.8 Å². The number of carbonyl (C=O) groups is 2. The Bertz CT molecular complexity index is 591. The van der Waals surface area contributed by atoms with Crippen LogP contribution in [0.15, 0.2) is 12.7 Å². The lowest BCUT2D eigenvalue weighted by atomic mass is 9.66. The van der Waals surface area contributed by atoms with E-state index in [1.165, 1.54) is 0 Å². The van der Waals surface area contributed by atoms with Gasteiger partial charge in [0.2, 0.25) is 0 Å². The summed E-state index contributed by atoms with van der Waals surface area (Å²) in [6.07, 6.45) is 2.53. The Morgan fingerprint density at radius 2 is 2.00 bits per heavy atom. The van der Waals surface area contributed by atoms with Crippen LogP contribution in [0.25, 0.3) is 0 Å². The molecule has 0 aromatic rings. The smallest absolute Gasteiger partial charge is 0.344 e. The van der Waals surface area contributed by atoms with E-state index in [0.717, 1.165) is 18.9 Å². The second-order valence-corrected chi connectivity index (χ2v) is 7.64. The molecule has 0 heterocycles. The molecule has 0 saturated heterocycles. The molecule has 0 spiro atoms. The van der Waals surface area contributed by atoms with Crippen LogP contribution in [0.5, 0.6) is 0 Å².